The standard InChI is InChI=1S/C50H77N3O11/c1-4-6-28-8-11-31-36(12-9-28)64-44-39(31)33(56)7-5-16-50(44,63)45(3,60)37-15-18-49(62)40-41(53-24-27(2)55)42(59)32-21-34(57)35(58)23-46(32)22-29(30-10-13-38(51)52-25-30)14-17-48(61,43(40)46)26-47(37,49)19-20-54/h10,13-14,17,25,27-29,31-39,43-44,52-58,60-63H,4-9,11-12,15-16,18-24,26,51H2,1-3H3. The summed E-state index contributed by atoms with van der Waals surface area (Å²) >= 11 is 0. The maximum Gasteiger partial charge on any atom is 0.182 e. The summed E-state index contributed by atoms with van der Waals surface area (Å²) in [4.78, 5) is 15.4. The Morgan fingerprint density at radius 2 is 1.78 bits per heavy atom. The van der Waals surface area contributed by atoms with Gasteiger partial charge >= 0.3 is 0 Å². The Kier molecular flexibility index (Phi) is 12.3. The van der Waals surface area contributed by atoms with Crippen molar-refractivity contribution in [3.63, 3.8) is 0 Å². The Hall–Kier alpha value is -2.21. The van der Waals surface area contributed by atoms with E-state index in [-0.39, 0.29) is 81.2 Å². The van der Waals surface area contributed by atoms with E-state index in [2.05, 4.69) is 17.6 Å². The first-order chi connectivity index (χ1) is 30.3. The minimum atomic E-state index is -2.01. The molecule has 2 heterocycles. The molecule has 1 spiro atoms. The van der Waals surface area contributed by atoms with Crippen LogP contribution in [0.1, 0.15) is 124 Å². The zero-order chi connectivity index (χ0) is 45.8. The van der Waals surface area contributed by atoms with Crippen molar-refractivity contribution in [2.45, 2.75) is 189 Å². The highest BCUT2D eigenvalue weighted by atomic mass is 16.5. The van der Waals surface area contributed by atoms with Crippen molar-refractivity contribution in [1.29, 1.82) is 0 Å². The molecule has 14 heteroatoms. The molecule has 0 aromatic heterocycles. The first kappa shape index (κ1) is 46.9. The monoisotopic (exact) mass is 896 g/mol. The van der Waals surface area contributed by atoms with Crippen molar-refractivity contribution in [1.82, 2.24) is 10.6 Å². The second-order valence-corrected chi connectivity index (χ2v) is 22.5. The number of nitrogens with two attached hydrogens (primary N) is 1. The number of ketones is 1. The number of dihydropyridines is 1. The number of hydrogen-bond donors (Lipinski definition) is 12. The lowest BCUT2D eigenvalue weighted by Crippen LogP contribution is -2.73. The molecule has 0 aromatic carbocycles. The summed E-state index contributed by atoms with van der Waals surface area (Å²) in [5, 5.41) is 118. The first-order valence-corrected chi connectivity index (χ1v) is 24.8. The van der Waals surface area contributed by atoms with E-state index in [9.17, 15) is 46.0 Å². The zero-order valence-corrected chi connectivity index (χ0v) is 38.1. The molecule has 13 N–H and O–H groups in total. The van der Waals surface area contributed by atoms with Gasteiger partial charge in [0.2, 0.25) is 0 Å². The molecule has 358 valence electrons. The second kappa shape index (κ2) is 16.8. The lowest BCUT2D eigenvalue weighted by molar-refractivity contribution is -0.267. The van der Waals surface area contributed by atoms with Crippen LogP contribution < -0.4 is 16.4 Å². The maximum absolute atomic E-state index is 15.4. The van der Waals surface area contributed by atoms with Crippen molar-refractivity contribution in [3.05, 3.63) is 47.3 Å². The number of rotatable bonds is 10. The number of carbonyl (C=O) groups is 1. The van der Waals surface area contributed by atoms with Crippen LogP contribution in [0.3, 0.4) is 0 Å². The van der Waals surface area contributed by atoms with Crippen LogP contribution in [0.2, 0.25) is 0 Å². The summed E-state index contributed by atoms with van der Waals surface area (Å²) in [5.41, 5.74) is -3.15. The largest absolute Gasteiger partial charge is 0.396 e. The number of aliphatic hydroxyl groups excluding tert-OH is 5. The highest BCUT2D eigenvalue weighted by molar-refractivity contribution is 6.00. The summed E-state index contributed by atoms with van der Waals surface area (Å²) in [6.07, 6.45) is 10.7. The fourth-order valence-electron chi connectivity index (χ4n) is 16.4. The van der Waals surface area contributed by atoms with E-state index < -0.39 is 112 Å². The third-order valence-electron chi connectivity index (χ3n) is 19.1. The molecule has 9 aliphatic rings. The van der Waals surface area contributed by atoms with Gasteiger partial charge in [-0.25, -0.2) is 0 Å². The van der Waals surface area contributed by atoms with Gasteiger partial charge in [0.05, 0.1) is 65.3 Å². The van der Waals surface area contributed by atoms with E-state index in [1.165, 1.54) is 0 Å². The third kappa shape index (κ3) is 6.92. The maximum atomic E-state index is 15.4. The number of ether oxygens (including phenoxy) is 1. The van der Waals surface area contributed by atoms with E-state index in [0.29, 0.717) is 18.8 Å². The molecule has 14 nitrogen and oxygen atoms in total. The van der Waals surface area contributed by atoms with Crippen LogP contribution in [0, 0.1) is 52.3 Å². The Morgan fingerprint density at radius 1 is 1.02 bits per heavy atom. The molecular weight excluding hydrogens is 819 g/mol. The summed E-state index contributed by atoms with van der Waals surface area (Å²) in [7, 11) is 0. The molecule has 9 rings (SSSR count). The molecule has 1 saturated heterocycles. The molecule has 20 atom stereocenters. The van der Waals surface area contributed by atoms with Gasteiger partial charge in [-0.1, -0.05) is 44.4 Å². The Bertz CT molecular complexity index is 1920. The molecule has 20 unspecified atom stereocenters. The van der Waals surface area contributed by atoms with Crippen molar-refractivity contribution < 1.29 is 55.5 Å². The minimum absolute atomic E-state index is 0.00364. The highest BCUT2D eigenvalue weighted by Gasteiger charge is 2.79. The normalized spacial score (nSPS) is 50.0. The van der Waals surface area contributed by atoms with Gasteiger partial charge in [0.15, 0.2) is 5.78 Å². The van der Waals surface area contributed by atoms with Gasteiger partial charge in [0, 0.05) is 48.4 Å². The Balaban J connectivity index is 1.21. The molecule has 0 bridgehead atoms. The van der Waals surface area contributed by atoms with Crippen molar-refractivity contribution in [3.8, 4) is 0 Å². The van der Waals surface area contributed by atoms with Gasteiger partial charge in [-0.15, -0.1) is 0 Å². The summed E-state index contributed by atoms with van der Waals surface area (Å²) in [6.45, 7) is 4.90. The molecule has 2 aliphatic heterocycles. The van der Waals surface area contributed by atoms with Crippen molar-refractivity contribution >= 4 is 5.78 Å². The number of hydrogen-bond acceptors (Lipinski definition) is 14. The zero-order valence-electron chi connectivity index (χ0n) is 38.1. The van der Waals surface area contributed by atoms with Gasteiger partial charge in [-0.05, 0) is 138 Å². The van der Waals surface area contributed by atoms with Gasteiger partial charge in [-0.3, -0.25) is 4.79 Å². The number of nitrogens with one attached hydrogen (secondary N) is 2. The molecule has 5 saturated carbocycles. The molecular formula is C50H77N3O11. The number of aliphatic hydroxyl groups is 9. The topological polar surface area (TPSA) is 258 Å². The lowest BCUT2D eigenvalue weighted by Gasteiger charge is -2.67. The molecule has 6 fully saturated rings. The summed E-state index contributed by atoms with van der Waals surface area (Å²) in [5.74, 6) is -3.45. The van der Waals surface area contributed by atoms with Gasteiger partial charge in [0.1, 0.15) is 5.60 Å². The van der Waals surface area contributed by atoms with Crippen LogP contribution in [0.4, 0.5) is 0 Å². The summed E-state index contributed by atoms with van der Waals surface area (Å²) < 4.78 is 6.97. The minimum Gasteiger partial charge on any atom is -0.396 e. The predicted molar refractivity (Wildman–Crippen MR) is 237 cm³/mol. The average molecular weight is 896 g/mol. The van der Waals surface area contributed by atoms with Crippen molar-refractivity contribution in [2.75, 3.05) is 13.2 Å². The molecule has 7 aliphatic carbocycles. The third-order valence-corrected chi connectivity index (χ3v) is 19.1. The average Bonchev–Trinajstić information content (AvgIpc) is 3.58. The number of fused-ring (bicyclic) bond motifs is 5. The smallest absolute Gasteiger partial charge is 0.182 e. The first-order valence-electron chi connectivity index (χ1n) is 24.8. The van der Waals surface area contributed by atoms with E-state index in [4.69, 9.17) is 10.5 Å². The van der Waals surface area contributed by atoms with E-state index in [1.807, 2.05) is 24.4 Å². The molecule has 0 amide bonds. The molecule has 0 aromatic rings. The fourth-order valence-corrected chi connectivity index (χ4v) is 16.4. The number of carbonyl (C=O) groups excluding carboxylic acids is 1. The Labute approximate surface area is 378 Å². The van der Waals surface area contributed by atoms with Gasteiger partial charge in [0.25, 0.3) is 0 Å². The van der Waals surface area contributed by atoms with Gasteiger partial charge in [-0.2, -0.15) is 0 Å². The van der Waals surface area contributed by atoms with Crippen LogP contribution >= 0.6 is 0 Å². The quantitative estimate of drug-likeness (QED) is 0.140. The number of Topliss-reactive ketones (excluding diaryl/α,β-unsaturated/α-hetero) is 1. The predicted octanol–water partition coefficient (Wildman–Crippen LogP) is 2.09. The lowest BCUT2D eigenvalue weighted by atomic mass is 9.39. The van der Waals surface area contributed by atoms with E-state index >= 15 is 4.79 Å². The van der Waals surface area contributed by atoms with Crippen LogP contribution in [-0.4, -0.2) is 130 Å². The summed E-state index contributed by atoms with van der Waals surface area (Å²) in [6, 6.07) is 0. The SMILES string of the molecule is CCCC1CCC2OC3C(C(O)CCCC3(O)C(C)(O)C3CCC4(O)C5=C(NCC(C)O)C(=O)C6CC(O)C(O)CC67CC(C6=CNC(N)C=C6)C=CC(O)(CC34CCO)C57)C2CC1. The molecule has 64 heavy (non-hydrogen) atoms. The second-order valence-electron chi connectivity index (χ2n) is 22.5. The highest BCUT2D eigenvalue weighted by Crippen LogP contribution is 2.75. The van der Waals surface area contributed by atoms with Crippen LogP contribution in [0.5, 0.6) is 0 Å². The molecule has 0 radical (unpaired) electrons. The van der Waals surface area contributed by atoms with Crippen LogP contribution in [-0.2, 0) is 9.53 Å². The Morgan fingerprint density at radius 3 is 2.48 bits per heavy atom. The van der Waals surface area contributed by atoms with E-state index in [1.54, 1.807) is 19.9 Å². The van der Waals surface area contributed by atoms with E-state index in [0.717, 1.165) is 44.1 Å². The number of allylic oxidation sites excluding steroid dienone is 4. The van der Waals surface area contributed by atoms with Crippen molar-refractivity contribution in [2.24, 2.45) is 58.0 Å². The van der Waals surface area contributed by atoms with Crippen LogP contribution in [0.15, 0.2) is 47.3 Å². The fraction of sp³-hybridized carbons (Fsp3) is 0.820. The van der Waals surface area contributed by atoms with Crippen LogP contribution in [0.25, 0.3) is 0 Å². The van der Waals surface area contributed by atoms with Gasteiger partial charge < -0.3 is 67.1 Å².